The van der Waals surface area contributed by atoms with Crippen LogP contribution in [0.2, 0.25) is 0 Å². The van der Waals surface area contributed by atoms with Crippen molar-refractivity contribution >= 4 is 12.1 Å². The van der Waals surface area contributed by atoms with Crippen molar-refractivity contribution in [2.24, 2.45) is 10.8 Å². The summed E-state index contributed by atoms with van der Waals surface area (Å²) in [5.41, 5.74) is 8.46. The van der Waals surface area contributed by atoms with Crippen LogP contribution in [0.3, 0.4) is 0 Å². The Kier molecular flexibility index (Phi) is 2.43. The van der Waals surface area contributed by atoms with E-state index in [4.69, 9.17) is 5.73 Å². The minimum atomic E-state index is -0.343. The lowest BCUT2D eigenvalue weighted by atomic mass is 10.2. The second kappa shape index (κ2) is 3.55. The molecule has 0 saturated carbocycles. The van der Waals surface area contributed by atoms with Gasteiger partial charge in [-0.2, -0.15) is 5.10 Å². The number of nitrogens with zero attached hydrogens (tertiary/aromatic N) is 1. The monoisotopic (exact) mass is 151 g/mol. The first-order valence-corrected chi connectivity index (χ1v) is 3.21. The second-order valence-electron chi connectivity index (χ2n) is 2.13. The van der Waals surface area contributed by atoms with Crippen LogP contribution in [0, 0.1) is 0 Å². The van der Waals surface area contributed by atoms with E-state index < -0.39 is 0 Å². The summed E-state index contributed by atoms with van der Waals surface area (Å²) in [5.74, 6) is -0.343. The van der Waals surface area contributed by atoms with Crippen molar-refractivity contribution in [2.45, 2.75) is 6.42 Å². The first kappa shape index (κ1) is 7.53. The highest BCUT2D eigenvalue weighted by Gasteiger charge is 1.98. The van der Waals surface area contributed by atoms with Crippen LogP contribution in [0.25, 0.3) is 0 Å². The molecule has 1 heterocycles. The zero-order valence-electron chi connectivity index (χ0n) is 5.95. The third-order valence-corrected chi connectivity index (χ3v) is 1.17. The molecule has 4 heteroatoms. The molecule has 0 saturated heterocycles. The molecule has 58 valence electrons. The molecule has 0 aromatic rings. The molecular weight excluding hydrogens is 142 g/mol. The maximum Gasteiger partial charge on any atom is 0.221 e. The van der Waals surface area contributed by atoms with Crippen LogP contribution in [-0.4, -0.2) is 12.1 Å². The topological polar surface area (TPSA) is 67.5 Å². The Bertz CT molecular complexity index is 240. The van der Waals surface area contributed by atoms with E-state index in [-0.39, 0.29) is 12.3 Å². The number of rotatable bonds is 2. The SMILES string of the molecule is NC(=O)CC1=CNN=CC=C1. The normalized spacial score (nSPS) is 15.1. The van der Waals surface area contributed by atoms with Crippen molar-refractivity contribution < 1.29 is 4.79 Å². The molecule has 1 rings (SSSR count). The number of carbonyl (C=O) groups is 1. The van der Waals surface area contributed by atoms with E-state index in [2.05, 4.69) is 10.5 Å². The Hall–Kier alpha value is -1.58. The van der Waals surface area contributed by atoms with Gasteiger partial charge in [0.2, 0.25) is 5.91 Å². The van der Waals surface area contributed by atoms with Crippen molar-refractivity contribution in [3.8, 4) is 0 Å². The van der Waals surface area contributed by atoms with Crippen molar-refractivity contribution in [3.05, 3.63) is 23.9 Å². The summed E-state index contributed by atoms with van der Waals surface area (Å²) in [6.07, 6.45) is 7.02. The lowest BCUT2D eigenvalue weighted by molar-refractivity contribution is -0.117. The molecule has 3 N–H and O–H groups in total. The minimum Gasteiger partial charge on any atom is -0.369 e. The molecule has 1 amide bonds. The van der Waals surface area contributed by atoms with E-state index in [0.29, 0.717) is 0 Å². The van der Waals surface area contributed by atoms with E-state index in [1.165, 1.54) is 0 Å². The fourth-order valence-electron chi connectivity index (χ4n) is 0.732. The highest BCUT2D eigenvalue weighted by atomic mass is 16.1. The molecule has 0 aromatic carbocycles. The van der Waals surface area contributed by atoms with E-state index in [9.17, 15) is 4.79 Å². The fourth-order valence-corrected chi connectivity index (χ4v) is 0.732. The molecule has 0 spiro atoms. The summed E-state index contributed by atoms with van der Waals surface area (Å²) < 4.78 is 0. The predicted octanol–water partition coefficient (Wildman–Crippen LogP) is -0.109. The fraction of sp³-hybridized carbons (Fsp3) is 0.143. The minimum absolute atomic E-state index is 0.243. The highest BCUT2D eigenvalue weighted by Crippen LogP contribution is 2.01. The van der Waals surface area contributed by atoms with Crippen LogP contribution in [0.4, 0.5) is 0 Å². The number of hydrogen-bond donors (Lipinski definition) is 2. The molecule has 0 unspecified atom stereocenters. The molecule has 11 heavy (non-hydrogen) atoms. The van der Waals surface area contributed by atoms with Crippen LogP contribution in [-0.2, 0) is 4.79 Å². The van der Waals surface area contributed by atoms with Gasteiger partial charge in [-0.3, -0.25) is 10.2 Å². The number of nitrogens with one attached hydrogen (secondary N) is 1. The smallest absolute Gasteiger partial charge is 0.221 e. The number of hydrazone groups is 1. The average Bonchev–Trinajstić information content (AvgIpc) is 2.14. The molecular formula is C7H9N3O. The van der Waals surface area contributed by atoms with Crippen LogP contribution < -0.4 is 11.2 Å². The molecule has 1 aliphatic rings. The molecule has 0 fully saturated rings. The zero-order chi connectivity index (χ0) is 8.10. The van der Waals surface area contributed by atoms with Gasteiger partial charge in [0.05, 0.1) is 6.42 Å². The van der Waals surface area contributed by atoms with E-state index >= 15 is 0 Å². The van der Waals surface area contributed by atoms with Crippen LogP contribution >= 0.6 is 0 Å². The Morgan fingerprint density at radius 2 is 2.55 bits per heavy atom. The van der Waals surface area contributed by atoms with Gasteiger partial charge in [-0.25, -0.2) is 0 Å². The van der Waals surface area contributed by atoms with Crippen molar-refractivity contribution in [1.82, 2.24) is 5.43 Å². The van der Waals surface area contributed by atoms with Crippen LogP contribution in [0.1, 0.15) is 6.42 Å². The summed E-state index contributed by atoms with van der Waals surface area (Å²) in [6.45, 7) is 0. The first-order valence-electron chi connectivity index (χ1n) is 3.21. The van der Waals surface area contributed by atoms with Gasteiger partial charge in [0.15, 0.2) is 0 Å². The standard InChI is InChI=1S/C7H9N3O/c8-7(11)4-6-2-1-3-9-10-5-6/h1-3,5,10H,4H2,(H2,8,11). The van der Waals surface area contributed by atoms with E-state index in [1.807, 2.05) is 0 Å². The van der Waals surface area contributed by atoms with Crippen molar-refractivity contribution in [1.29, 1.82) is 0 Å². The Labute approximate surface area is 64.5 Å². The number of nitrogens with two attached hydrogens (primary N) is 1. The first-order chi connectivity index (χ1) is 5.29. The third-order valence-electron chi connectivity index (χ3n) is 1.17. The van der Waals surface area contributed by atoms with Gasteiger partial charge in [0.25, 0.3) is 0 Å². The average molecular weight is 151 g/mol. The third kappa shape index (κ3) is 2.66. The second-order valence-corrected chi connectivity index (χ2v) is 2.13. The molecule has 0 radical (unpaired) electrons. The number of primary amides is 1. The summed E-state index contributed by atoms with van der Waals surface area (Å²) in [4.78, 5) is 10.5. The lowest BCUT2D eigenvalue weighted by Gasteiger charge is -1.95. The van der Waals surface area contributed by atoms with Gasteiger partial charge < -0.3 is 5.73 Å². The predicted molar refractivity (Wildman–Crippen MR) is 42.7 cm³/mol. The quantitative estimate of drug-likeness (QED) is 0.578. The maximum atomic E-state index is 10.5. The number of hydrogen-bond acceptors (Lipinski definition) is 3. The van der Waals surface area contributed by atoms with Gasteiger partial charge in [0, 0.05) is 12.4 Å². The Morgan fingerprint density at radius 1 is 1.73 bits per heavy atom. The number of amides is 1. The van der Waals surface area contributed by atoms with Gasteiger partial charge >= 0.3 is 0 Å². The molecule has 0 aromatic heterocycles. The maximum absolute atomic E-state index is 10.5. The molecule has 0 atom stereocenters. The Balaban J connectivity index is 2.58. The van der Waals surface area contributed by atoms with Gasteiger partial charge in [0.1, 0.15) is 0 Å². The van der Waals surface area contributed by atoms with E-state index in [0.717, 1.165) is 5.57 Å². The molecule has 0 bridgehead atoms. The molecule has 0 aliphatic carbocycles. The summed E-state index contributed by atoms with van der Waals surface area (Å²) in [6, 6.07) is 0. The van der Waals surface area contributed by atoms with Crippen molar-refractivity contribution in [2.75, 3.05) is 0 Å². The van der Waals surface area contributed by atoms with Gasteiger partial charge in [-0.1, -0.05) is 6.08 Å². The van der Waals surface area contributed by atoms with Crippen LogP contribution in [0.5, 0.6) is 0 Å². The lowest BCUT2D eigenvalue weighted by Crippen LogP contribution is -2.11. The largest absolute Gasteiger partial charge is 0.369 e. The summed E-state index contributed by atoms with van der Waals surface area (Å²) in [7, 11) is 0. The summed E-state index contributed by atoms with van der Waals surface area (Å²) in [5, 5.41) is 3.74. The summed E-state index contributed by atoms with van der Waals surface area (Å²) >= 11 is 0. The van der Waals surface area contributed by atoms with Gasteiger partial charge in [-0.05, 0) is 11.6 Å². The van der Waals surface area contributed by atoms with Gasteiger partial charge in [-0.15, -0.1) is 0 Å². The number of carbonyl (C=O) groups excluding carboxylic acids is 1. The molecule has 1 aliphatic heterocycles. The zero-order valence-corrected chi connectivity index (χ0v) is 5.95. The highest BCUT2D eigenvalue weighted by molar-refractivity contribution is 5.78. The number of allylic oxidation sites excluding steroid dienone is 2. The van der Waals surface area contributed by atoms with E-state index in [1.54, 1.807) is 24.6 Å². The van der Waals surface area contributed by atoms with Crippen LogP contribution in [0.15, 0.2) is 29.0 Å². The molecule has 4 nitrogen and oxygen atoms in total. The van der Waals surface area contributed by atoms with Crippen molar-refractivity contribution in [3.63, 3.8) is 0 Å². The Morgan fingerprint density at radius 3 is 3.27 bits per heavy atom.